The van der Waals surface area contributed by atoms with Gasteiger partial charge in [0.25, 0.3) is 0 Å². The van der Waals surface area contributed by atoms with Crippen molar-refractivity contribution in [2.45, 2.75) is 24.8 Å². The normalized spacial score (nSPS) is 13.0. The minimum absolute atomic E-state index is 0.0548. The molecule has 1 heterocycles. The number of furan rings is 1. The van der Waals surface area contributed by atoms with Crippen LogP contribution in [0, 0.1) is 6.92 Å². The van der Waals surface area contributed by atoms with E-state index in [1.54, 1.807) is 26.0 Å². The second-order valence-electron chi connectivity index (χ2n) is 4.64. The van der Waals surface area contributed by atoms with Crippen LogP contribution in [0.2, 0.25) is 0 Å². The average molecular weight is 309 g/mol. The van der Waals surface area contributed by atoms with E-state index in [4.69, 9.17) is 9.52 Å². The number of aryl methyl sites for hydroxylation is 1. The molecule has 0 unspecified atom stereocenters. The van der Waals surface area contributed by atoms with Crippen molar-refractivity contribution in [3.8, 4) is 0 Å². The molecule has 1 aromatic heterocycles. The van der Waals surface area contributed by atoms with Crippen LogP contribution in [0.25, 0.3) is 0 Å². The molecule has 0 aliphatic rings. The van der Waals surface area contributed by atoms with Crippen LogP contribution in [0.3, 0.4) is 0 Å². The third kappa shape index (κ3) is 3.32. The first-order valence-electron chi connectivity index (χ1n) is 6.21. The first-order chi connectivity index (χ1) is 9.81. The molecular weight excluding hydrogens is 294 g/mol. The molecule has 0 saturated heterocycles. The number of carbonyl (C=O) groups is 1. The number of nitrogens with one attached hydrogen (secondary N) is 1. The summed E-state index contributed by atoms with van der Waals surface area (Å²) in [4.78, 5) is 10.9. The molecule has 0 bridgehead atoms. The first kappa shape index (κ1) is 15.3. The van der Waals surface area contributed by atoms with Gasteiger partial charge in [-0.25, -0.2) is 17.9 Å². The van der Waals surface area contributed by atoms with Crippen LogP contribution in [-0.2, 0) is 10.0 Å². The maximum absolute atomic E-state index is 12.4. The summed E-state index contributed by atoms with van der Waals surface area (Å²) in [6.07, 6.45) is 1.45. The molecule has 0 radical (unpaired) electrons. The summed E-state index contributed by atoms with van der Waals surface area (Å²) in [5.74, 6) is -0.698. The fraction of sp³-hybridized carbons (Fsp3) is 0.214. The van der Waals surface area contributed by atoms with Gasteiger partial charge in [0.05, 0.1) is 22.8 Å². The van der Waals surface area contributed by atoms with Gasteiger partial charge in [-0.05, 0) is 43.7 Å². The van der Waals surface area contributed by atoms with Gasteiger partial charge in [-0.3, -0.25) is 0 Å². The van der Waals surface area contributed by atoms with E-state index in [0.717, 1.165) is 6.07 Å². The molecule has 0 fully saturated rings. The largest absolute Gasteiger partial charge is 0.478 e. The number of carboxylic acid groups (broad SMARTS) is 1. The minimum atomic E-state index is -3.85. The van der Waals surface area contributed by atoms with E-state index in [0.29, 0.717) is 11.3 Å². The lowest BCUT2D eigenvalue weighted by Gasteiger charge is -2.14. The molecule has 2 aromatic rings. The predicted molar refractivity (Wildman–Crippen MR) is 75.6 cm³/mol. The summed E-state index contributed by atoms with van der Waals surface area (Å²) in [6.45, 7) is 3.25. The number of benzene rings is 1. The average Bonchev–Trinajstić information content (AvgIpc) is 2.92. The summed E-state index contributed by atoms with van der Waals surface area (Å²) in [5.41, 5.74) is 0.394. The van der Waals surface area contributed by atoms with Crippen LogP contribution in [0.15, 0.2) is 45.9 Å². The van der Waals surface area contributed by atoms with Gasteiger partial charge in [0.2, 0.25) is 10.0 Å². The van der Waals surface area contributed by atoms with Crippen molar-refractivity contribution >= 4 is 16.0 Å². The highest BCUT2D eigenvalue weighted by Gasteiger charge is 2.22. The Morgan fingerprint density at radius 2 is 2.05 bits per heavy atom. The van der Waals surface area contributed by atoms with Crippen molar-refractivity contribution in [2.24, 2.45) is 0 Å². The molecular formula is C14H15NO5S. The van der Waals surface area contributed by atoms with E-state index < -0.39 is 22.0 Å². The lowest BCUT2D eigenvalue weighted by molar-refractivity contribution is 0.0696. The fourth-order valence-corrected chi connectivity index (χ4v) is 3.40. The standard InChI is InChI=1S/C14H15NO5S/c1-9-5-6-11(14(16)17)8-13(9)21(18,19)15-10(2)12-4-3-7-20-12/h3-8,10,15H,1-2H3,(H,16,17)/t10-/m0/s1. The third-order valence-corrected chi connectivity index (χ3v) is 4.71. The molecule has 2 N–H and O–H groups in total. The van der Waals surface area contributed by atoms with Crippen LogP contribution in [0.4, 0.5) is 0 Å². The first-order valence-corrected chi connectivity index (χ1v) is 7.69. The molecule has 1 atom stereocenters. The van der Waals surface area contributed by atoms with Gasteiger partial charge in [-0.15, -0.1) is 0 Å². The van der Waals surface area contributed by atoms with Crippen LogP contribution in [0.1, 0.15) is 34.6 Å². The highest BCUT2D eigenvalue weighted by Crippen LogP contribution is 2.21. The van der Waals surface area contributed by atoms with Crippen LogP contribution in [-0.4, -0.2) is 19.5 Å². The monoisotopic (exact) mass is 309 g/mol. The highest BCUT2D eigenvalue weighted by atomic mass is 32.2. The van der Waals surface area contributed by atoms with Crippen LogP contribution < -0.4 is 4.72 Å². The maximum atomic E-state index is 12.4. The molecule has 1 aromatic carbocycles. The van der Waals surface area contributed by atoms with Crippen LogP contribution in [0.5, 0.6) is 0 Å². The SMILES string of the molecule is Cc1ccc(C(=O)O)cc1S(=O)(=O)N[C@@H](C)c1ccco1. The van der Waals surface area contributed by atoms with E-state index in [1.807, 2.05) is 0 Å². The summed E-state index contributed by atoms with van der Waals surface area (Å²) in [5, 5.41) is 8.97. The van der Waals surface area contributed by atoms with Crippen molar-refractivity contribution in [3.63, 3.8) is 0 Å². The second-order valence-corrected chi connectivity index (χ2v) is 6.33. The highest BCUT2D eigenvalue weighted by molar-refractivity contribution is 7.89. The number of hydrogen-bond donors (Lipinski definition) is 2. The van der Waals surface area contributed by atoms with Gasteiger partial charge in [0.15, 0.2) is 0 Å². The topological polar surface area (TPSA) is 96.6 Å². The summed E-state index contributed by atoms with van der Waals surface area (Å²) < 4.78 is 32.4. The van der Waals surface area contributed by atoms with E-state index in [-0.39, 0.29) is 10.5 Å². The molecule has 21 heavy (non-hydrogen) atoms. The smallest absolute Gasteiger partial charge is 0.335 e. The van der Waals surface area contributed by atoms with E-state index >= 15 is 0 Å². The van der Waals surface area contributed by atoms with E-state index in [9.17, 15) is 13.2 Å². The van der Waals surface area contributed by atoms with E-state index in [1.165, 1.54) is 18.4 Å². The Hall–Kier alpha value is -2.12. The van der Waals surface area contributed by atoms with Crippen molar-refractivity contribution in [1.29, 1.82) is 0 Å². The zero-order valence-electron chi connectivity index (χ0n) is 11.5. The quantitative estimate of drug-likeness (QED) is 0.883. The van der Waals surface area contributed by atoms with Gasteiger partial charge in [-0.1, -0.05) is 6.07 Å². The molecule has 0 amide bonds. The number of rotatable bonds is 5. The Morgan fingerprint density at radius 1 is 1.33 bits per heavy atom. The summed E-state index contributed by atoms with van der Waals surface area (Å²) in [6, 6.07) is 6.75. The van der Waals surface area contributed by atoms with Crippen LogP contribution >= 0.6 is 0 Å². The van der Waals surface area contributed by atoms with Gasteiger partial charge in [0.1, 0.15) is 5.76 Å². The Bertz CT molecular complexity index is 750. The van der Waals surface area contributed by atoms with Crippen molar-refractivity contribution in [3.05, 3.63) is 53.5 Å². The van der Waals surface area contributed by atoms with Gasteiger partial charge in [-0.2, -0.15) is 0 Å². The van der Waals surface area contributed by atoms with E-state index in [2.05, 4.69) is 4.72 Å². The number of hydrogen-bond acceptors (Lipinski definition) is 4. The fourth-order valence-electron chi connectivity index (χ4n) is 1.91. The molecule has 0 aliphatic heterocycles. The molecule has 2 rings (SSSR count). The lowest BCUT2D eigenvalue weighted by atomic mass is 10.1. The minimum Gasteiger partial charge on any atom is -0.478 e. The zero-order valence-corrected chi connectivity index (χ0v) is 12.3. The Labute approximate surface area is 122 Å². The van der Waals surface area contributed by atoms with Crippen molar-refractivity contribution in [1.82, 2.24) is 4.72 Å². The number of carboxylic acids is 1. The number of sulfonamides is 1. The van der Waals surface area contributed by atoms with Gasteiger partial charge < -0.3 is 9.52 Å². The van der Waals surface area contributed by atoms with Crippen molar-refractivity contribution in [2.75, 3.05) is 0 Å². The Morgan fingerprint density at radius 3 is 2.62 bits per heavy atom. The van der Waals surface area contributed by atoms with Gasteiger partial charge >= 0.3 is 5.97 Å². The predicted octanol–water partition coefficient (Wildman–Crippen LogP) is 2.33. The zero-order chi connectivity index (χ0) is 15.6. The second kappa shape index (κ2) is 5.71. The summed E-state index contributed by atoms with van der Waals surface area (Å²) >= 11 is 0. The maximum Gasteiger partial charge on any atom is 0.335 e. The Balaban J connectivity index is 2.35. The van der Waals surface area contributed by atoms with Gasteiger partial charge in [0, 0.05) is 0 Å². The summed E-state index contributed by atoms with van der Waals surface area (Å²) in [7, 11) is -3.85. The Kier molecular flexibility index (Phi) is 4.15. The molecule has 6 nitrogen and oxygen atoms in total. The lowest BCUT2D eigenvalue weighted by Crippen LogP contribution is -2.27. The third-order valence-electron chi connectivity index (χ3n) is 3.03. The van der Waals surface area contributed by atoms with Crippen molar-refractivity contribution < 1.29 is 22.7 Å². The number of aromatic carboxylic acids is 1. The molecule has 0 aliphatic carbocycles. The molecule has 112 valence electrons. The molecule has 0 spiro atoms. The molecule has 7 heteroatoms. The molecule has 0 saturated carbocycles.